The first-order valence-corrected chi connectivity index (χ1v) is 6.32. The van der Waals surface area contributed by atoms with Crippen LogP contribution in [0.25, 0.3) is 0 Å². The fourth-order valence-corrected chi connectivity index (χ4v) is 2.31. The first-order valence-electron chi connectivity index (χ1n) is 6.32. The maximum absolute atomic E-state index is 10.6. The molecule has 2 rings (SSSR count). The maximum Gasteiger partial charge on any atom is 0.105 e. The van der Waals surface area contributed by atoms with E-state index in [2.05, 4.69) is 39.8 Å². The minimum atomic E-state index is -0.537. The molecule has 0 aromatic heterocycles. The molecule has 1 N–H and O–H groups in total. The second kappa shape index (κ2) is 4.95. The molecule has 0 aliphatic rings. The summed E-state index contributed by atoms with van der Waals surface area (Å²) < 4.78 is 0. The summed E-state index contributed by atoms with van der Waals surface area (Å²) in [6.07, 6.45) is -0.537. The van der Waals surface area contributed by atoms with Gasteiger partial charge in [0, 0.05) is 0 Å². The van der Waals surface area contributed by atoms with E-state index < -0.39 is 6.10 Å². The Morgan fingerprint density at radius 2 is 1.11 bits per heavy atom. The summed E-state index contributed by atoms with van der Waals surface area (Å²) in [6, 6.07) is 12.2. The average Bonchev–Trinajstić information content (AvgIpc) is 2.35. The molecule has 0 amide bonds. The predicted molar refractivity (Wildman–Crippen MR) is 75.9 cm³/mol. The van der Waals surface area contributed by atoms with Crippen LogP contribution in [0.2, 0.25) is 0 Å². The molecule has 0 aliphatic heterocycles. The molecule has 2 aromatic rings. The van der Waals surface area contributed by atoms with Crippen LogP contribution in [0.3, 0.4) is 0 Å². The fourth-order valence-electron chi connectivity index (χ4n) is 2.31. The zero-order valence-corrected chi connectivity index (χ0v) is 11.5. The molecule has 0 fully saturated rings. The standard InChI is InChI=1S/C17H20O/c1-11-7-5-9-15(13(11)3)17(18)16-10-6-8-12(2)14(16)4/h5-10,17-18H,1-4H3. The van der Waals surface area contributed by atoms with Crippen LogP contribution >= 0.6 is 0 Å². The third kappa shape index (κ3) is 2.19. The van der Waals surface area contributed by atoms with Crippen molar-refractivity contribution in [3.8, 4) is 0 Å². The van der Waals surface area contributed by atoms with Gasteiger partial charge in [0.05, 0.1) is 0 Å². The normalized spacial score (nSPS) is 11.0. The molecule has 0 bridgehead atoms. The van der Waals surface area contributed by atoms with Crippen molar-refractivity contribution in [3.63, 3.8) is 0 Å². The second-order valence-corrected chi connectivity index (χ2v) is 4.98. The highest BCUT2D eigenvalue weighted by atomic mass is 16.3. The monoisotopic (exact) mass is 240 g/mol. The molecule has 0 aliphatic carbocycles. The van der Waals surface area contributed by atoms with Gasteiger partial charge < -0.3 is 5.11 Å². The molecular formula is C17H20O. The molecular weight excluding hydrogens is 220 g/mol. The Bertz CT molecular complexity index is 518. The van der Waals surface area contributed by atoms with Gasteiger partial charge in [0.2, 0.25) is 0 Å². The number of hydrogen-bond acceptors (Lipinski definition) is 1. The molecule has 18 heavy (non-hydrogen) atoms. The van der Waals surface area contributed by atoms with Crippen molar-refractivity contribution < 1.29 is 5.11 Å². The molecule has 1 heteroatoms. The Morgan fingerprint density at radius 1 is 0.722 bits per heavy atom. The van der Waals surface area contributed by atoms with Crippen molar-refractivity contribution >= 4 is 0 Å². The van der Waals surface area contributed by atoms with Gasteiger partial charge in [-0.15, -0.1) is 0 Å². The van der Waals surface area contributed by atoms with E-state index in [4.69, 9.17) is 0 Å². The van der Waals surface area contributed by atoms with Crippen LogP contribution in [0.4, 0.5) is 0 Å². The van der Waals surface area contributed by atoms with Gasteiger partial charge >= 0.3 is 0 Å². The third-order valence-corrected chi connectivity index (χ3v) is 3.88. The van der Waals surface area contributed by atoms with E-state index in [1.165, 1.54) is 22.3 Å². The van der Waals surface area contributed by atoms with E-state index in [1.54, 1.807) is 0 Å². The summed E-state index contributed by atoms with van der Waals surface area (Å²) in [7, 11) is 0. The summed E-state index contributed by atoms with van der Waals surface area (Å²) in [6.45, 7) is 8.29. The Morgan fingerprint density at radius 3 is 1.50 bits per heavy atom. The van der Waals surface area contributed by atoms with E-state index in [0.717, 1.165) is 11.1 Å². The van der Waals surface area contributed by atoms with Crippen LogP contribution in [0.1, 0.15) is 39.5 Å². The van der Waals surface area contributed by atoms with Crippen LogP contribution < -0.4 is 0 Å². The van der Waals surface area contributed by atoms with Crippen LogP contribution in [-0.4, -0.2) is 5.11 Å². The van der Waals surface area contributed by atoms with E-state index in [0.29, 0.717) is 0 Å². The van der Waals surface area contributed by atoms with Gasteiger partial charge in [-0.3, -0.25) is 0 Å². The molecule has 0 radical (unpaired) electrons. The molecule has 0 spiro atoms. The number of aliphatic hydroxyl groups is 1. The number of aliphatic hydroxyl groups excluding tert-OH is 1. The Balaban J connectivity index is 2.51. The Kier molecular flexibility index (Phi) is 3.53. The number of hydrogen-bond donors (Lipinski definition) is 1. The predicted octanol–water partition coefficient (Wildman–Crippen LogP) is 4.00. The highest BCUT2D eigenvalue weighted by molar-refractivity contribution is 5.43. The second-order valence-electron chi connectivity index (χ2n) is 4.98. The minimum absolute atomic E-state index is 0.537. The first kappa shape index (κ1) is 12.8. The summed E-state index contributed by atoms with van der Waals surface area (Å²) in [5.41, 5.74) is 6.79. The van der Waals surface area contributed by atoms with E-state index in [-0.39, 0.29) is 0 Å². The van der Waals surface area contributed by atoms with Gasteiger partial charge in [-0.05, 0) is 61.1 Å². The third-order valence-electron chi connectivity index (χ3n) is 3.88. The Hall–Kier alpha value is -1.60. The lowest BCUT2D eigenvalue weighted by atomic mass is 9.91. The molecule has 0 saturated heterocycles. The SMILES string of the molecule is Cc1cccc(C(O)c2cccc(C)c2C)c1C. The highest BCUT2D eigenvalue weighted by Gasteiger charge is 2.16. The molecule has 94 valence electrons. The number of benzene rings is 2. The largest absolute Gasteiger partial charge is 0.384 e. The van der Waals surface area contributed by atoms with Crippen molar-refractivity contribution in [1.82, 2.24) is 0 Å². The maximum atomic E-state index is 10.6. The fraction of sp³-hybridized carbons (Fsp3) is 0.294. The van der Waals surface area contributed by atoms with Gasteiger partial charge in [0.1, 0.15) is 6.10 Å². The van der Waals surface area contributed by atoms with Gasteiger partial charge in [-0.25, -0.2) is 0 Å². The van der Waals surface area contributed by atoms with Crippen LogP contribution in [0.5, 0.6) is 0 Å². The van der Waals surface area contributed by atoms with E-state index in [1.807, 2.05) is 24.3 Å². The van der Waals surface area contributed by atoms with Gasteiger partial charge in [0.15, 0.2) is 0 Å². The highest BCUT2D eigenvalue weighted by Crippen LogP contribution is 2.29. The lowest BCUT2D eigenvalue weighted by Crippen LogP contribution is -2.05. The molecule has 2 aromatic carbocycles. The minimum Gasteiger partial charge on any atom is -0.384 e. The molecule has 1 nitrogen and oxygen atoms in total. The van der Waals surface area contributed by atoms with E-state index >= 15 is 0 Å². The molecule has 0 unspecified atom stereocenters. The summed E-state index contributed by atoms with van der Waals surface area (Å²) in [4.78, 5) is 0. The van der Waals surface area contributed by atoms with E-state index in [9.17, 15) is 5.11 Å². The van der Waals surface area contributed by atoms with Crippen molar-refractivity contribution in [2.75, 3.05) is 0 Å². The summed E-state index contributed by atoms with van der Waals surface area (Å²) in [5.74, 6) is 0. The number of rotatable bonds is 2. The summed E-state index contributed by atoms with van der Waals surface area (Å²) in [5, 5.41) is 10.6. The van der Waals surface area contributed by atoms with Crippen molar-refractivity contribution in [3.05, 3.63) is 69.8 Å². The van der Waals surface area contributed by atoms with Gasteiger partial charge in [0.25, 0.3) is 0 Å². The topological polar surface area (TPSA) is 20.2 Å². The van der Waals surface area contributed by atoms with Gasteiger partial charge in [-0.1, -0.05) is 36.4 Å². The molecule has 0 heterocycles. The zero-order valence-electron chi connectivity index (χ0n) is 11.5. The quantitative estimate of drug-likeness (QED) is 0.841. The zero-order chi connectivity index (χ0) is 13.3. The lowest BCUT2D eigenvalue weighted by Gasteiger charge is -2.18. The van der Waals surface area contributed by atoms with Crippen molar-refractivity contribution in [2.45, 2.75) is 33.8 Å². The first-order chi connectivity index (χ1) is 8.52. The summed E-state index contributed by atoms with van der Waals surface area (Å²) >= 11 is 0. The van der Waals surface area contributed by atoms with Gasteiger partial charge in [-0.2, -0.15) is 0 Å². The number of aryl methyl sites for hydroxylation is 2. The molecule has 0 saturated carbocycles. The van der Waals surface area contributed by atoms with Crippen LogP contribution in [0, 0.1) is 27.7 Å². The van der Waals surface area contributed by atoms with Crippen molar-refractivity contribution in [2.24, 2.45) is 0 Å². The molecule has 0 atom stereocenters. The van der Waals surface area contributed by atoms with Crippen LogP contribution in [0.15, 0.2) is 36.4 Å². The smallest absolute Gasteiger partial charge is 0.105 e. The average molecular weight is 240 g/mol. The van der Waals surface area contributed by atoms with Crippen LogP contribution in [-0.2, 0) is 0 Å². The van der Waals surface area contributed by atoms with Crippen molar-refractivity contribution in [1.29, 1.82) is 0 Å². The Labute approximate surface area is 109 Å². The lowest BCUT2D eigenvalue weighted by molar-refractivity contribution is 0.218.